The highest BCUT2D eigenvalue weighted by molar-refractivity contribution is 5.70. The minimum absolute atomic E-state index is 0.0785. The van der Waals surface area contributed by atoms with Gasteiger partial charge in [0.05, 0.1) is 13.0 Å². The lowest BCUT2D eigenvalue weighted by atomic mass is 9.89. The molecule has 3 heteroatoms. The Hall–Kier alpha value is -2.29. The summed E-state index contributed by atoms with van der Waals surface area (Å²) in [6.07, 6.45) is 1.10. The highest BCUT2D eigenvalue weighted by atomic mass is 16.5. The molecule has 2 aromatic carbocycles. The van der Waals surface area contributed by atoms with Crippen LogP contribution in [0, 0.1) is 0 Å². The lowest BCUT2D eigenvalue weighted by molar-refractivity contribution is -0.143. The molecule has 2 rings (SSSR count). The number of rotatable bonds is 6. The molecular weight excluding hydrogens is 264 g/mol. The fourth-order valence-electron chi connectivity index (χ4n) is 2.37. The summed E-state index contributed by atoms with van der Waals surface area (Å²) in [6, 6.07) is 17.1. The van der Waals surface area contributed by atoms with Gasteiger partial charge >= 0.3 is 5.97 Å². The number of esters is 1. The van der Waals surface area contributed by atoms with Gasteiger partial charge in [-0.2, -0.15) is 0 Å². The summed E-state index contributed by atoms with van der Waals surface area (Å²) in [6.45, 7) is 2.22. The molecule has 0 heterocycles. The van der Waals surface area contributed by atoms with Crippen LogP contribution in [-0.2, 0) is 16.0 Å². The summed E-state index contributed by atoms with van der Waals surface area (Å²) in [5.41, 5.74) is 2.21. The molecule has 0 spiro atoms. The van der Waals surface area contributed by atoms with Crippen LogP contribution in [0.3, 0.4) is 0 Å². The second-order valence-corrected chi connectivity index (χ2v) is 4.99. The first-order chi connectivity index (χ1) is 10.2. The molecule has 0 fully saturated rings. The second-order valence-electron chi connectivity index (χ2n) is 4.99. The average molecular weight is 284 g/mol. The van der Waals surface area contributed by atoms with Gasteiger partial charge in [0, 0.05) is 0 Å². The standard InChI is InChI=1S/C18H20O3/c1-2-21-18(20)13-16(15-6-4-3-5-7-15)12-14-8-10-17(19)11-9-14/h3-11,16,19H,2,12-13H2,1H3. The van der Waals surface area contributed by atoms with Crippen LogP contribution in [-0.4, -0.2) is 17.7 Å². The zero-order chi connectivity index (χ0) is 15.1. The molecule has 0 aromatic heterocycles. The van der Waals surface area contributed by atoms with E-state index < -0.39 is 0 Å². The maximum Gasteiger partial charge on any atom is 0.306 e. The summed E-state index contributed by atoms with van der Waals surface area (Å²) in [7, 11) is 0. The molecule has 3 nitrogen and oxygen atoms in total. The number of phenolic OH excluding ortho intramolecular Hbond substituents is 1. The van der Waals surface area contributed by atoms with Crippen molar-refractivity contribution in [3.05, 3.63) is 65.7 Å². The van der Waals surface area contributed by atoms with Crippen LogP contribution in [0.15, 0.2) is 54.6 Å². The number of benzene rings is 2. The quantitative estimate of drug-likeness (QED) is 0.823. The Labute approximate surface area is 125 Å². The minimum Gasteiger partial charge on any atom is -0.508 e. The predicted molar refractivity (Wildman–Crippen MR) is 82.2 cm³/mol. The van der Waals surface area contributed by atoms with Gasteiger partial charge in [-0.05, 0) is 42.5 Å². The van der Waals surface area contributed by atoms with E-state index in [4.69, 9.17) is 4.74 Å². The Morgan fingerprint density at radius 2 is 1.76 bits per heavy atom. The summed E-state index contributed by atoms with van der Waals surface area (Å²) in [5, 5.41) is 9.35. The van der Waals surface area contributed by atoms with Gasteiger partial charge in [0.2, 0.25) is 0 Å². The van der Waals surface area contributed by atoms with Crippen LogP contribution in [0.4, 0.5) is 0 Å². The molecule has 0 aliphatic heterocycles. The molecule has 0 saturated heterocycles. The fourth-order valence-corrected chi connectivity index (χ4v) is 2.37. The third-order valence-corrected chi connectivity index (χ3v) is 3.41. The van der Waals surface area contributed by atoms with Crippen molar-refractivity contribution in [1.29, 1.82) is 0 Å². The SMILES string of the molecule is CCOC(=O)CC(Cc1ccc(O)cc1)c1ccccc1. The van der Waals surface area contributed by atoms with E-state index in [1.807, 2.05) is 49.4 Å². The van der Waals surface area contributed by atoms with Crippen LogP contribution < -0.4 is 0 Å². The molecule has 1 unspecified atom stereocenters. The third kappa shape index (κ3) is 4.63. The average Bonchev–Trinajstić information content (AvgIpc) is 2.50. The van der Waals surface area contributed by atoms with E-state index in [9.17, 15) is 9.90 Å². The molecular formula is C18H20O3. The summed E-state index contributed by atoms with van der Waals surface area (Å²) in [5.74, 6) is 0.153. The maximum absolute atomic E-state index is 11.8. The van der Waals surface area contributed by atoms with Gasteiger partial charge in [-0.3, -0.25) is 4.79 Å². The molecule has 1 N–H and O–H groups in total. The van der Waals surface area contributed by atoms with Crippen LogP contribution in [0.25, 0.3) is 0 Å². The van der Waals surface area contributed by atoms with Crippen molar-refractivity contribution < 1.29 is 14.6 Å². The molecule has 0 amide bonds. The minimum atomic E-state index is -0.176. The first kappa shape index (κ1) is 15.1. The predicted octanol–water partition coefficient (Wildman–Crippen LogP) is 3.67. The molecule has 110 valence electrons. The van der Waals surface area contributed by atoms with Crippen molar-refractivity contribution in [2.45, 2.75) is 25.7 Å². The lowest BCUT2D eigenvalue weighted by Gasteiger charge is -2.17. The summed E-state index contributed by atoms with van der Waals surface area (Å²) >= 11 is 0. The molecule has 0 aliphatic carbocycles. The Morgan fingerprint density at radius 3 is 2.38 bits per heavy atom. The van der Waals surface area contributed by atoms with Crippen LogP contribution in [0.1, 0.15) is 30.4 Å². The largest absolute Gasteiger partial charge is 0.508 e. The molecule has 0 saturated carbocycles. The molecule has 1 atom stereocenters. The zero-order valence-electron chi connectivity index (χ0n) is 12.2. The molecule has 0 aliphatic rings. The topological polar surface area (TPSA) is 46.5 Å². The van der Waals surface area contributed by atoms with Gasteiger partial charge in [-0.25, -0.2) is 0 Å². The van der Waals surface area contributed by atoms with E-state index in [1.54, 1.807) is 12.1 Å². The fraction of sp³-hybridized carbons (Fsp3) is 0.278. The molecule has 2 aromatic rings. The maximum atomic E-state index is 11.8. The highest BCUT2D eigenvalue weighted by Gasteiger charge is 2.17. The normalized spacial score (nSPS) is 11.9. The van der Waals surface area contributed by atoms with Gasteiger partial charge in [0.15, 0.2) is 0 Å². The first-order valence-corrected chi connectivity index (χ1v) is 7.17. The van der Waals surface area contributed by atoms with Gasteiger partial charge in [-0.15, -0.1) is 0 Å². The molecule has 0 radical (unpaired) electrons. The van der Waals surface area contributed by atoms with Crippen LogP contribution in [0.5, 0.6) is 5.75 Å². The number of phenols is 1. The monoisotopic (exact) mass is 284 g/mol. The van der Waals surface area contributed by atoms with E-state index in [0.717, 1.165) is 17.5 Å². The number of hydrogen-bond donors (Lipinski definition) is 1. The van der Waals surface area contributed by atoms with E-state index in [-0.39, 0.29) is 17.6 Å². The Kier molecular flexibility index (Phi) is 5.38. The van der Waals surface area contributed by atoms with Crippen molar-refractivity contribution in [2.24, 2.45) is 0 Å². The van der Waals surface area contributed by atoms with E-state index in [0.29, 0.717) is 13.0 Å². The van der Waals surface area contributed by atoms with E-state index in [2.05, 4.69) is 0 Å². The van der Waals surface area contributed by atoms with Gasteiger partial charge in [0.25, 0.3) is 0 Å². The molecule has 21 heavy (non-hydrogen) atoms. The van der Waals surface area contributed by atoms with Gasteiger partial charge < -0.3 is 9.84 Å². The smallest absolute Gasteiger partial charge is 0.306 e. The second kappa shape index (κ2) is 7.48. The number of hydrogen-bond acceptors (Lipinski definition) is 3. The summed E-state index contributed by atoms with van der Waals surface area (Å²) in [4.78, 5) is 11.8. The Bertz CT molecular complexity index is 561. The lowest BCUT2D eigenvalue weighted by Crippen LogP contribution is -2.12. The van der Waals surface area contributed by atoms with Crippen molar-refractivity contribution in [2.75, 3.05) is 6.61 Å². The third-order valence-electron chi connectivity index (χ3n) is 3.41. The number of carbonyl (C=O) groups is 1. The van der Waals surface area contributed by atoms with E-state index in [1.165, 1.54) is 0 Å². The summed E-state index contributed by atoms with van der Waals surface area (Å²) < 4.78 is 5.07. The Morgan fingerprint density at radius 1 is 1.10 bits per heavy atom. The van der Waals surface area contributed by atoms with Crippen LogP contribution >= 0.6 is 0 Å². The molecule has 0 bridgehead atoms. The van der Waals surface area contributed by atoms with Crippen molar-refractivity contribution in [1.82, 2.24) is 0 Å². The zero-order valence-corrected chi connectivity index (χ0v) is 12.2. The highest BCUT2D eigenvalue weighted by Crippen LogP contribution is 2.25. The number of ether oxygens (including phenoxy) is 1. The van der Waals surface area contributed by atoms with Gasteiger partial charge in [0.1, 0.15) is 5.75 Å². The van der Waals surface area contributed by atoms with Gasteiger partial charge in [-0.1, -0.05) is 42.5 Å². The van der Waals surface area contributed by atoms with Crippen molar-refractivity contribution >= 4 is 5.97 Å². The first-order valence-electron chi connectivity index (χ1n) is 7.17. The van der Waals surface area contributed by atoms with Crippen LogP contribution in [0.2, 0.25) is 0 Å². The van der Waals surface area contributed by atoms with Crippen molar-refractivity contribution in [3.8, 4) is 5.75 Å². The van der Waals surface area contributed by atoms with E-state index >= 15 is 0 Å². The van der Waals surface area contributed by atoms with Crippen molar-refractivity contribution in [3.63, 3.8) is 0 Å². The number of aromatic hydroxyl groups is 1. The number of carbonyl (C=O) groups excluding carboxylic acids is 1. The Balaban J connectivity index is 2.15.